The summed E-state index contributed by atoms with van der Waals surface area (Å²) in [7, 11) is 0. The summed E-state index contributed by atoms with van der Waals surface area (Å²) in [5.74, 6) is -0.491. The standard InChI is InChI=1S/C20H18F6N2O/c21-19(22,23)16-5-1-3-14(11-16)13-27-7-9-28(10-8-27)18(29)15-4-2-6-17(12-15)20(24,25)26/h1-6,11-12H,7-10,13H2. The summed E-state index contributed by atoms with van der Waals surface area (Å²) >= 11 is 0. The minimum absolute atomic E-state index is 0.0360. The Morgan fingerprint density at radius 3 is 1.93 bits per heavy atom. The van der Waals surface area contributed by atoms with E-state index in [0.29, 0.717) is 25.2 Å². The van der Waals surface area contributed by atoms with Crippen molar-refractivity contribution in [3.63, 3.8) is 0 Å². The molecule has 3 nitrogen and oxygen atoms in total. The second-order valence-corrected chi connectivity index (χ2v) is 6.85. The number of amides is 1. The first-order valence-corrected chi connectivity index (χ1v) is 8.89. The number of carbonyl (C=O) groups is 1. The Morgan fingerprint density at radius 1 is 0.793 bits per heavy atom. The minimum Gasteiger partial charge on any atom is -0.336 e. The normalized spacial score (nSPS) is 16.1. The van der Waals surface area contributed by atoms with Crippen molar-refractivity contribution in [3.05, 3.63) is 70.8 Å². The highest BCUT2D eigenvalue weighted by molar-refractivity contribution is 5.94. The van der Waals surface area contributed by atoms with Crippen molar-refractivity contribution in [2.75, 3.05) is 26.2 Å². The highest BCUT2D eigenvalue weighted by Gasteiger charge is 2.32. The molecule has 0 aromatic heterocycles. The third-order valence-corrected chi connectivity index (χ3v) is 4.76. The highest BCUT2D eigenvalue weighted by atomic mass is 19.4. The molecular formula is C20H18F6N2O. The zero-order chi connectivity index (χ0) is 21.2. The lowest BCUT2D eigenvalue weighted by Crippen LogP contribution is -2.48. The van der Waals surface area contributed by atoms with Crippen molar-refractivity contribution in [3.8, 4) is 0 Å². The molecule has 2 aromatic rings. The first-order chi connectivity index (χ1) is 13.5. The molecule has 0 saturated carbocycles. The van der Waals surface area contributed by atoms with Gasteiger partial charge in [-0.05, 0) is 29.8 Å². The average molecular weight is 416 g/mol. The van der Waals surface area contributed by atoms with Gasteiger partial charge >= 0.3 is 12.4 Å². The molecule has 1 amide bonds. The SMILES string of the molecule is O=C(c1cccc(C(F)(F)F)c1)N1CCN(Cc2cccc(C(F)(F)F)c2)CC1. The van der Waals surface area contributed by atoms with E-state index in [4.69, 9.17) is 0 Å². The van der Waals surface area contributed by atoms with Gasteiger partial charge in [-0.3, -0.25) is 9.69 Å². The second kappa shape index (κ2) is 8.06. The van der Waals surface area contributed by atoms with Crippen LogP contribution in [0.25, 0.3) is 0 Å². The molecule has 9 heteroatoms. The maximum absolute atomic E-state index is 12.8. The van der Waals surface area contributed by atoms with Gasteiger partial charge in [0.1, 0.15) is 0 Å². The van der Waals surface area contributed by atoms with Crippen molar-refractivity contribution in [2.24, 2.45) is 0 Å². The van der Waals surface area contributed by atoms with Crippen LogP contribution in [0.15, 0.2) is 48.5 Å². The van der Waals surface area contributed by atoms with Gasteiger partial charge in [-0.1, -0.05) is 24.3 Å². The number of piperazine rings is 1. The molecule has 156 valence electrons. The summed E-state index contributed by atoms with van der Waals surface area (Å²) in [4.78, 5) is 15.9. The number of carbonyl (C=O) groups excluding carboxylic acids is 1. The number of alkyl halides is 6. The van der Waals surface area contributed by atoms with Gasteiger partial charge in [0.15, 0.2) is 0 Å². The van der Waals surface area contributed by atoms with Crippen LogP contribution in [0.1, 0.15) is 27.0 Å². The summed E-state index contributed by atoms with van der Waals surface area (Å²) in [5.41, 5.74) is -1.12. The zero-order valence-electron chi connectivity index (χ0n) is 15.2. The first kappa shape index (κ1) is 21.2. The predicted octanol–water partition coefficient (Wildman–Crippen LogP) is 4.68. The van der Waals surface area contributed by atoms with E-state index in [1.54, 1.807) is 6.07 Å². The molecule has 1 saturated heterocycles. The Bertz CT molecular complexity index is 870. The number of hydrogen-bond donors (Lipinski definition) is 0. The molecule has 0 bridgehead atoms. The second-order valence-electron chi connectivity index (χ2n) is 6.85. The zero-order valence-corrected chi connectivity index (χ0v) is 15.2. The van der Waals surface area contributed by atoms with Gasteiger partial charge in [-0.2, -0.15) is 26.3 Å². The Balaban J connectivity index is 1.60. The maximum Gasteiger partial charge on any atom is 0.416 e. The van der Waals surface area contributed by atoms with E-state index in [2.05, 4.69) is 0 Å². The Hall–Kier alpha value is -2.55. The summed E-state index contributed by atoms with van der Waals surface area (Å²) in [6.45, 7) is 1.71. The lowest BCUT2D eigenvalue weighted by atomic mass is 10.1. The summed E-state index contributed by atoms with van der Waals surface area (Å²) in [6, 6.07) is 9.34. The minimum atomic E-state index is -4.53. The van der Waals surface area contributed by atoms with Gasteiger partial charge in [0.2, 0.25) is 0 Å². The average Bonchev–Trinajstić information content (AvgIpc) is 2.67. The molecule has 1 aliphatic rings. The fraction of sp³-hybridized carbons (Fsp3) is 0.350. The van der Waals surface area contributed by atoms with E-state index >= 15 is 0 Å². The molecule has 1 fully saturated rings. The molecular weight excluding hydrogens is 398 g/mol. The Labute approximate surface area is 163 Å². The molecule has 3 rings (SSSR count). The molecule has 0 N–H and O–H groups in total. The predicted molar refractivity (Wildman–Crippen MR) is 94.1 cm³/mol. The molecule has 0 spiro atoms. The van der Waals surface area contributed by atoms with Crippen molar-refractivity contribution in [2.45, 2.75) is 18.9 Å². The third kappa shape index (κ3) is 5.29. The molecule has 29 heavy (non-hydrogen) atoms. The lowest BCUT2D eigenvalue weighted by molar-refractivity contribution is -0.138. The fourth-order valence-corrected chi connectivity index (χ4v) is 3.22. The van der Waals surface area contributed by atoms with Gasteiger partial charge in [-0.15, -0.1) is 0 Å². The molecule has 1 aliphatic heterocycles. The van der Waals surface area contributed by atoms with Crippen LogP contribution in [0.5, 0.6) is 0 Å². The van der Waals surface area contributed by atoms with Gasteiger partial charge < -0.3 is 4.90 Å². The molecule has 2 aromatic carbocycles. The molecule has 1 heterocycles. The molecule has 0 unspecified atom stereocenters. The van der Waals surface area contributed by atoms with Crippen LogP contribution >= 0.6 is 0 Å². The van der Waals surface area contributed by atoms with Gasteiger partial charge in [0, 0.05) is 38.3 Å². The lowest BCUT2D eigenvalue weighted by Gasteiger charge is -2.35. The van der Waals surface area contributed by atoms with E-state index in [0.717, 1.165) is 24.3 Å². The van der Waals surface area contributed by atoms with Crippen LogP contribution in [0.4, 0.5) is 26.3 Å². The smallest absolute Gasteiger partial charge is 0.336 e. The molecule has 0 radical (unpaired) electrons. The van der Waals surface area contributed by atoms with Crippen LogP contribution in [0.3, 0.4) is 0 Å². The van der Waals surface area contributed by atoms with Gasteiger partial charge in [0.05, 0.1) is 11.1 Å². The number of nitrogens with zero attached hydrogens (tertiary/aromatic N) is 2. The molecule has 0 atom stereocenters. The van der Waals surface area contributed by atoms with E-state index < -0.39 is 29.4 Å². The van der Waals surface area contributed by atoms with Crippen molar-refractivity contribution >= 4 is 5.91 Å². The van der Waals surface area contributed by atoms with E-state index in [9.17, 15) is 31.1 Å². The monoisotopic (exact) mass is 416 g/mol. The first-order valence-electron chi connectivity index (χ1n) is 8.89. The quantitative estimate of drug-likeness (QED) is 0.679. The highest BCUT2D eigenvalue weighted by Crippen LogP contribution is 2.31. The summed E-state index contributed by atoms with van der Waals surface area (Å²) < 4.78 is 77.0. The number of hydrogen-bond acceptors (Lipinski definition) is 2. The van der Waals surface area contributed by atoms with E-state index in [1.165, 1.54) is 23.1 Å². The van der Waals surface area contributed by atoms with Gasteiger partial charge in [0.25, 0.3) is 5.91 Å². The number of halogens is 6. The Kier molecular flexibility index (Phi) is 5.88. The van der Waals surface area contributed by atoms with E-state index in [-0.39, 0.29) is 18.7 Å². The largest absolute Gasteiger partial charge is 0.416 e. The number of benzene rings is 2. The fourth-order valence-electron chi connectivity index (χ4n) is 3.22. The molecule has 0 aliphatic carbocycles. The van der Waals surface area contributed by atoms with Crippen LogP contribution in [-0.2, 0) is 18.9 Å². The van der Waals surface area contributed by atoms with Crippen LogP contribution in [0, 0.1) is 0 Å². The maximum atomic E-state index is 12.8. The number of rotatable bonds is 3. The topological polar surface area (TPSA) is 23.6 Å². The van der Waals surface area contributed by atoms with Gasteiger partial charge in [-0.25, -0.2) is 0 Å². The summed E-state index contributed by atoms with van der Waals surface area (Å²) in [6.07, 6.45) is -8.94. The van der Waals surface area contributed by atoms with Crippen molar-refractivity contribution < 1.29 is 31.1 Å². The van der Waals surface area contributed by atoms with Crippen LogP contribution in [0.2, 0.25) is 0 Å². The van der Waals surface area contributed by atoms with Crippen molar-refractivity contribution in [1.82, 2.24) is 9.80 Å². The van der Waals surface area contributed by atoms with E-state index in [1.807, 2.05) is 4.90 Å². The van der Waals surface area contributed by atoms with Crippen molar-refractivity contribution in [1.29, 1.82) is 0 Å². The van der Waals surface area contributed by atoms with Crippen LogP contribution < -0.4 is 0 Å². The summed E-state index contributed by atoms with van der Waals surface area (Å²) in [5, 5.41) is 0. The van der Waals surface area contributed by atoms with Crippen LogP contribution in [-0.4, -0.2) is 41.9 Å². The third-order valence-electron chi connectivity index (χ3n) is 4.76. The Morgan fingerprint density at radius 2 is 1.34 bits per heavy atom.